The van der Waals surface area contributed by atoms with Gasteiger partial charge in [0.05, 0.1) is 6.10 Å². The second-order valence-corrected chi connectivity index (χ2v) is 8.59. The summed E-state index contributed by atoms with van der Waals surface area (Å²) in [4.78, 5) is 3.67. The number of hydrogen-bond donors (Lipinski definition) is 1. The zero-order chi connectivity index (χ0) is 19.2. The molecular formula is C22H31NO3S. The number of aliphatic hydroxyl groups is 1. The summed E-state index contributed by atoms with van der Waals surface area (Å²) in [6.45, 7) is 9.71. The van der Waals surface area contributed by atoms with Crippen LogP contribution in [0.3, 0.4) is 0 Å². The fourth-order valence-corrected chi connectivity index (χ4v) is 4.49. The Hall–Kier alpha value is -1.40. The van der Waals surface area contributed by atoms with Crippen molar-refractivity contribution in [2.24, 2.45) is 0 Å². The van der Waals surface area contributed by atoms with E-state index >= 15 is 0 Å². The maximum atomic E-state index is 10.6. The van der Waals surface area contributed by atoms with Crippen molar-refractivity contribution in [2.75, 3.05) is 26.3 Å². The van der Waals surface area contributed by atoms with Crippen LogP contribution in [0.4, 0.5) is 0 Å². The smallest absolute Gasteiger partial charge is 0.122 e. The first-order chi connectivity index (χ1) is 13.0. The fourth-order valence-electron chi connectivity index (χ4n) is 3.55. The molecule has 1 saturated heterocycles. The molecule has 2 unspecified atom stereocenters. The van der Waals surface area contributed by atoms with E-state index in [1.54, 1.807) is 11.3 Å². The van der Waals surface area contributed by atoms with Gasteiger partial charge in [0.2, 0.25) is 0 Å². The molecule has 0 radical (unpaired) electrons. The largest absolute Gasteiger partial charge is 0.491 e. The first-order valence-corrected chi connectivity index (χ1v) is 10.6. The summed E-state index contributed by atoms with van der Waals surface area (Å²) < 4.78 is 11.7. The molecule has 2 atom stereocenters. The molecule has 0 spiro atoms. The van der Waals surface area contributed by atoms with Crippen molar-refractivity contribution >= 4 is 11.3 Å². The Morgan fingerprint density at radius 3 is 2.78 bits per heavy atom. The van der Waals surface area contributed by atoms with E-state index in [0.29, 0.717) is 13.2 Å². The molecule has 1 N–H and O–H groups in total. The van der Waals surface area contributed by atoms with Crippen molar-refractivity contribution in [1.29, 1.82) is 0 Å². The van der Waals surface area contributed by atoms with Gasteiger partial charge in [-0.15, -0.1) is 11.3 Å². The Morgan fingerprint density at radius 2 is 2.11 bits per heavy atom. The van der Waals surface area contributed by atoms with Crippen LogP contribution in [-0.2, 0) is 11.3 Å². The van der Waals surface area contributed by atoms with Crippen molar-refractivity contribution in [3.8, 4) is 5.75 Å². The minimum Gasteiger partial charge on any atom is -0.491 e. The van der Waals surface area contributed by atoms with E-state index in [1.807, 2.05) is 19.1 Å². The predicted octanol–water partition coefficient (Wildman–Crippen LogP) is 4.09. The first kappa shape index (κ1) is 20.3. The molecule has 1 aromatic carbocycles. The number of benzene rings is 1. The maximum Gasteiger partial charge on any atom is 0.122 e. The molecule has 0 aliphatic carbocycles. The fraction of sp³-hybridized carbons (Fsp3) is 0.545. The van der Waals surface area contributed by atoms with Crippen molar-refractivity contribution in [3.63, 3.8) is 0 Å². The van der Waals surface area contributed by atoms with Gasteiger partial charge in [0, 0.05) is 31.1 Å². The zero-order valence-corrected chi connectivity index (χ0v) is 17.4. The van der Waals surface area contributed by atoms with E-state index < -0.39 is 6.10 Å². The van der Waals surface area contributed by atoms with Crippen molar-refractivity contribution in [2.45, 2.75) is 52.4 Å². The van der Waals surface area contributed by atoms with Gasteiger partial charge in [0.25, 0.3) is 0 Å². The van der Waals surface area contributed by atoms with Gasteiger partial charge in [-0.05, 0) is 62.3 Å². The highest BCUT2D eigenvalue weighted by molar-refractivity contribution is 7.10. The molecule has 0 bridgehead atoms. The van der Waals surface area contributed by atoms with Gasteiger partial charge in [-0.2, -0.15) is 0 Å². The van der Waals surface area contributed by atoms with Gasteiger partial charge >= 0.3 is 0 Å². The third-order valence-electron chi connectivity index (χ3n) is 5.05. The molecule has 5 heteroatoms. The molecule has 0 amide bonds. The lowest BCUT2D eigenvalue weighted by molar-refractivity contribution is 0.0316. The number of aliphatic hydroxyl groups excluding tert-OH is 1. The summed E-state index contributed by atoms with van der Waals surface area (Å²) in [7, 11) is 0. The van der Waals surface area contributed by atoms with Crippen LogP contribution in [0.2, 0.25) is 0 Å². The Kier molecular flexibility index (Phi) is 7.30. The lowest BCUT2D eigenvalue weighted by Gasteiger charge is -2.27. The summed E-state index contributed by atoms with van der Waals surface area (Å²) >= 11 is 1.78. The number of ether oxygens (including phenoxy) is 2. The molecule has 4 nitrogen and oxygen atoms in total. The van der Waals surface area contributed by atoms with E-state index in [4.69, 9.17) is 9.47 Å². The Bertz CT molecular complexity index is 724. The number of rotatable bonds is 9. The molecule has 1 aliphatic heterocycles. The number of nitrogens with zero attached hydrogens (tertiary/aromatic N) is 1. The summed E-state index contributed by atoms with van der Waals surface area (Å²) in [5, 5.41) is 12.7. The summed E-state index contributed by atoms with van der Waals surface area (Å²) in [6.07, 6.45) is 1.98. The molecule has 27 heavy (non-hydrogen) atoms. The Balaban J connectivity index is 1.57. The van der Waals surface area contributed by atoms with Crippen LogP contribution in [0.5, 0.6) is 5.75 Å². The van der Waals surface area contributed by atoms with Crippen LogP contribution < -0.4 is 4.74 Å². The number of aryl methyl sites for hydroxylation is 3. The molecule has 1 aromatic heterocycles. The normalized spacial score (nSPS) is 18.2. The van der Waals surface area contributed by atoms with Gasteiger partial charge in [-0.25, -0.2) is 0 Å². The molecule has 2 heterocycles. The standard InChI is InChI=1S/C22H31NO3S/c1-16-6-7-21(18(3)11-16)26-15-19(24)12-23(13-20-5-4-9-25-20)14-22-17(2)8-10-27-22/h6-8,10-11,19-20,24H,4-5,9,12-15H2,1-3H3. The van der Waals surface area contributed by atoms with Gasteiger partial charge in [0.15, 0.2) is 0 Å². The third kappa shape index (κ3) is 6.04. The Morgan fingerprint density at radius 1 is 1.26 bits per heavy atom. The number of thiophene rings is 1. The van der Waals surface area contributed by atoms with Crippen LogP contribution in [0.1, 0.15) is 34.4 Å². The quantitative estimate of drug-likeness (QED) is 0.701. The van der Waals surface area contributed by atoms with Gasteiger partial charge in [0.1, 0.15) is 18.5 Å². The predicted molar refractivity (Wildman–Crippen MR) is 111 cm³/mol. The van der Waals surface area contributed by atoms with Crippen LogP contribution in [0, 0.1) is 20.8 Å². The van der Waals surface area contributed by atoms with Gasteiger partial charge in [-0.3, -0.25) is 4.90 Å². The van der Waals surface area contributed by atoms with Crippen molar-refractivity contribution in [3.05, 3.63) is 51.2 Å². The highest BCUT2D eigenvalue weighted by Crippen LogP contribution is 2.21. The van der Waals surface area contributed by atoms with E-state index in [1.165, 1.54) is 16.0 Å². The topological polar surface area (TPSA) is 41.9 Å². The second-order valence-electron chi connectivity index (χ2n) is 7.59. The van der Waals surface area contributed by atoms with Gasteiger partial charge in [-0.1, -0.05) is 17.7 Å². The summed E-state index contributed by atoms with van der Waals surface area (Å²) in [5.41, 5.74) is 3.64. The van der Waals surface area contributed by atoms with Crippen molar-refractivity contribution in [1.82, 2.24) is 4.90 Å². The Labute approximate surface area is 166 Å². The SMILES string of the molecule is Cc1ccc(OCC(O)CN(Cc2sccc2C)CC2CCCO2)c(C)c1. The highest BCUT2D eigenvalue weighted by Gasteiger charge is 2.22. The molecular weight excluding hydrogens is 358 g/mol. The molecule has 148 valence electrons. The average molecular weight is 390 g/mol. The minimum atomic E-state index is -0.535. The summed E-state index contributed by atoms with van der Waals surface area (Å²) in [6, 6.07) is 8.28. The van der Waals surface area contributed by atoms with E-state index in [2.05, 4.69) is 36.3 Å². The molecule has 1 aliphatic rings. The third-order valence-corrected chi connectivity index (χ3v) is 6.06. The lowest BCUT2D eigenvalue weighted by atomic mass is 10.1. The number of hydrogen-bond acceptors (Lipinski definition) is 5. The van der Waals surface area contributed by atoms with Gasteiger partial charge < -0.3 is 14.6 Å². The zero-order valence-electron chi connectivity index (χ0n) is 16.6. The highest BCUT2D eigenvalue weighted by atomic mass is 32.1. The van der Waals surface area contributed by atoms with E-state index in [0.717, 1.165) is 43.9 Å². The molecule has 3 rings (SSSR count). The maximum absolute atomic E-state index is 10.6. The average Bonchev–Trinajstić information content (AvgIpc) is 3.26. The van der Waals surface area contributed by atoms with E-state index in [9.17, 15) is 5.11 Å². The lowest BCUT2D eigenvalue weighted by Crippen LogP contribution is -2.39. The second kappa shape index (κ2) is 9.69. The van der Waals surface area contributed by atoms with Crippen LogP contribution >= 0.6 is 11.3 Å². The first-order valence-electron chi connectivity index (χ1n) is 9.76. The van der Waals surface area contributed by atoms with Crippen LogP contribution in [0.25, 0.3) is 0 Å². The van der Waals surface area contributed by atoms with E-state index in [-0.39, 0.29) is 6.10 Å². The van der Waals surface area contributed by atoms with Crippen LogP contribution in [-0.4, -0.2) is 48.5 Å². The minimum absolute atomic E-state index is 0.276. The molecule has 1 fully saturated rings. The monoisotopic (exact) mass is 389 g/mol. The molecule has 2 aromatic rings. The summed E-state index contributed by atoms with van der Waals surface area (Å²) in [5.74, 6) is 0.847. The van der Waals surface area contributed by atoms with Crippen LogP contribution in [0.15, 0.2) is 29.6 Å². The molecule has 0 saturated carbocycles. The van der Waals surface area contributed by atoms with Crippen molar-refractivity contribution < 1.29 is 14.6 Å².